The summed E-state index contributed by atoms with van der Waals surface area (Å²) in [5.74, 6) is 0. The maximum absolute atomic E-state index is 10.8. The second-order valence-electron chi connectivity index (χ2n) is 5.47. The molecule has 0 spiro atoms. The number of rotatable bonds is 11. The molecule has 0 saturated carbocycles. The minimum absolute atomic E-state index is 0.532. The Hall–Kier alpha value is -1.71. The smallest absolute Gasteiger partial charge is 0.316 e. The van der Waals surface area contributed by atoms with Crippen molar-refractivity contribution >= 4 is 17.4 Å². The summed E-state index contributed by atoms with van der Waals surface area (Å²) in [5.41, 5.74) is 6.85. The normalized spacial score (nSPS) is 10.3. The second kappa shape index (κ2) is 11.0. The van der Waals surface area contributed by atoms with Crippen LogP contribution in [0.4, 0.5) is 16.2 Å². The molecule has 0 fully saturated rings. The summed E-state index contributed by atoms with van der Waals surface area (Å²) in [6.45, 7) is 3.22. The summed E-state index contributed by atoms with van der Waals surface area (Å²) in [5, 5.41) is 5.96. The fraction of sp³-hybridized carbons (Fsp3) is 0.588. The average Bonchev–Trinajstić information content (AvgIpc) is 2.45. The zero-order valence-corrected chi connectivity index (χ0v) is 13.2. The van der Waals surface area contributed by atoms with E-state index in [1.807, 2.05) is 24.3 Å². The van der Waals surface area contributed by atoms with E-state index in [1.54, 1.807) is 0 Å². The Kier molecular flexibility index (Phi) is 9.09. The monoisotopic (exact) mass is 291 g/mol. The van der Waals surface area contributed by atoms with Gasteiger partial charge in [-0.05, 0) is 24.6 Å². The van der Waals surface area contributed by atoms with Crippen molar-refractivity contribution in [1.29, 1.82) is 0 Å². The number of urea groups is 1. The van der Waals surface area contributed by atoms with Crippen molar-refractivity contribution in [3.8, 4) is 0 Å². The second-order valence-corrected chi connectivity index (χ2v) is 5.47. The standard InChI is InChI=1S/C17H29N3O/c1-2-3-4-5-6-7-8-9-13-19-15-11-10-12-16(14-15)20-17(18)21/h10-12,14,19H,2-9,13H2,1H3,(H3,18,20,21). The molecule has 4 heteroatoms. The predicted octanol–water partition coefficient (Wildman–Crippen LogP) is 4.73. The molecule has 21 heavy (non-hydrogen) atoms. The molecule has 4 N–H and O–H groups in total. The van der Waals surface area contributed by atoms with Crippen LogP contribution in [0.2, 0.25) is 0 Å². The van der Waals surface area contributed by atoms with Gasteiger partial charge in [0.25, 0.3) is 0 Å². The molecular formula is C17H29N3O. The molecule has 0 aliphatic carbocycles. The molecule has 1 rings (SSSR count). The lowest BCUT2D eigenvalue weighted by molar-refractivity contribution is 0.259. The summed E-state index contributed by atoms with van der Waals surface area (Å²) >= 11 is 0. The molecular weight excluding hydrogens is 262 g/mol. The highest BCUT2D eigenvalue weighted by molar-refractivity contribution is 5.88. The number of benzene rings is 1. The van der Waals surface area contributed by atoms with E-state index in [2.05, 4.69) is 17.6 Å². The van der Waals surface area contributed by atoms with Crippen LogP contribution < -0.4 is 16.4 Å². The van der Waals surface area contributed by atoms with Crippen LogP contribution in [0.3, 0.4) is 0 Å². The van der Waals surface area contributed by atoms with E-state index in [4.69, 9.17) is 5.73 Å². The molecule has 0 saturated heterocycles. The third kappa shape index (κ3) is 8.95. The highest BCUT2D eigenvalue weighted by Crippen LogP contribution is 2.15. The molecule has 4 nitrogen and oxygen atoms in total. The minimum Gasteiger partial charge on any atom is -0.385 e. The number of carbonyl (C=O) groups excluding carboxylic acids is 1. The van der Waals surface area contributed by atoms with Gasteiger partial charge in [0.05, 0.1) is 0 Å². The molecule has 118 valence electrons. The van der Waals surface area contributed by atoms with Crippen molar-refractivity contribution < 1.29 is 4.79 Å². The van der Waals surface area contributed by atoms with Crippen LogP contribution in [0.5, 0.6) is 0 Å². The lowest BCUT2D eigenvalue weighted by Crippen LogP contribution is -2.19. The Labute approximate surface area is 128 Å². The molecule has 0 atom stereocenters. The topological polar surface area (TPSA) is 67.2 Å². The van der Waals surface area contributed by atoms with Crippen LogP contribution in [0.25, 0.3) is 0 Å². The number of hydrogen-bond acceptors (Lipinski definition) is 2. The number of primary amides is 1. The lowest BCUT2D eigenvalue weighted by atomic mass is 10.1. The first kappa shape index (κ1) is 17.3. The first-order valence-electron chi connectivity index (χ1n) is 8.12. The number of amides is 2. The Bertz CT molecular complexity index is 407. The van der Waals surface area contributed by atoms with Crippen LogP contribution in [0.15, 0.2) is 24.3 Å². The average molecular weight is 291 g/mol. The van der Waals surface area contributed by atoms with Gasteiger partial charge in [-0.1, -0.05) is 57.9 Å². The molecule has 2 amide bonds. The number of unbranched alkanes of at least 4 members (excludes halogenated alkanes) is 7. The third-order valence-corrected chi connectivity index (χ3v) is 3.49. The minimum atomic E-state index is -0.532. The van der Waals surface area contributed by atoms with E-state index < -0.39 is 6.03 Å². The lowest BCUT2D eigenvalue weighted by Gasteiger charge is -2.08. The molecule has 0 bridgehead atoms. The first-order valence-corrected chi connectivity index (χ1v) is 8.12. The van der Waals surface area contributed by atoms with Crippen molar-refractivity contribution in [2.24, 2.45) is 5.73 Å². The van der Waals surface area contributed by atoms with Gasteiger partial charge in [-0.25, -0.2) is 4.79 Å². The van der Waals surface area contributed by atoms with Gasteiger partial charge in [0.2, 0.25) is 0 Å². The number of carbonyl (C=O) groups is 1. The van der Waals surface area contributed by atoms with Crippen LogP contribution in [-0.2, 0) is 0 Å². The van der Waals surface area contributed by atoms with Gasteiger partial charge >= 0.3 is 6.03 Å². The first-order chi connectivity index (χ1) is 10.2. The Balaban J connectivity index is 2.08. The van der Waals surface area contributed by atoms with E-state index in [0.717, 1.165) is 17.9 Å². The third-order valence-electron chi connectivity index (χ3n) is 3.49. The Morgan fingerprint density at radius 1 is 1.00 bits per heavy atom. The number of nitrogens with two attached hydrogens (primary N) is 1. The van der Waals surface area contributed by atoms with Gasteiger partial charge in [0.15, 0.2) is 0 Å². The SMILES string of the molecule is CCCCCCCCCCNc1cccc(NC(N)=O)c1. The molecule has 0 unspecified atom stereocenters. The van der Waals surface area contributed by atoms with E-state index in [0.29, 0.717) is 0 Å². The molecule has 0 heterocycles. The van der Waals surface area contributed by atoms with Crippen molar-refractivity contribution in [2.45, 2.75) is 58.3 Å². The largest absolute Gasteiger partial charge is 0.385 e. The molecule has 0 aliphatic rings. The zero-order chi connectivity index (χ0) is 15.3. The van der Waals surface area contributed by atoms with Gasteiger partial charge in [-0.3, -0.25) is 0 Å². The van der Waals surface area contributed by atoms with Crippen molar-refractivity contribution in [1.82, 2.24) is 0 Å². The molecule has 1 aromatic rings. The summed E-state index contributed by atoms with van der Waals surface area (Å²) in [6, 6.07) is 7.09. The maximum Gasteiger partial charge on any atom is 0.316 e. The molecule has 0 radical (unpaired) electrons. The van der Waals surface area contributed by atoms with Crippen LogP contribution in [0.1, 0.15) is 58.3 Å². The van der Waals surface area contributed by atoms with Gasteiger partial charge in [0, 0.05) is 17.9 Å². The van der Waals surface area contributed by atoms with E-state index in [-0.39, 0.29) is 0 Å². The summed E-state index contributed by atoms with van der Waals surface area (Å²) in [6.07, 6.45) is 10.6. The Morgan fingerprint density at radius 3 is 2.29 bits per heavy atom. The van der Waals surface area contributed by atoms with Gasteiger partial charge in [0.1, 0.15) is 0 Å². The van der Waals surface area contributed by atoms with Crippen molar-refractivity contribution in [2.75, 3.05) is 17.2 Å². The van der Waals surface area contributed by atoms with E-state index in [9.17, 15) is 4.79 Å². The quantitative estimate of drug-likeness (QED) is 0.516. The fourth-order valence-corrected chi connectivity index (χ4v) is 2.34. The summed E-state index contributed by atoms with van der Waals surface area (Å²) in [7, 11) is 0. The van der Waals surface area contributed by atoms with Gasteiger partial charge in [-0.15, -0.1) is 0 Å². The molecule has 0 aromatic heterocycles. The highest BCUT2D eigenvalue weighted by atomic mass is 16.2. The molecule has 1 aromatic carbocycles. The van der Waals surface area contributed by atoms with Gasteiger partial charge in [-0.2, -0.15) is 0 Å². The maximum atomic E-state index is 10.8. The molecule has 0 aliphatic heterocycles. The number of nitrogens with one attached hydrogen (secondary N) is 2. The van der Waals surface area contributed by atoms with Crippen molar-refractivity contribution in [3.05, 3.63) is 24.3 Å². The zero-order valence-electron chi connectivity index (χ0n) is 13.2. The van der Waals surface area contributed by atoms with Crippen LogP contribution >= 0.6 is 0 Å². The predicted molar refractivity (Wildman–Crippen MR) is 90.7 cm³/mol. The van der Waals surface area contributed by atoms with Gasteiger partial charge < -0.3 is 16.4 Å². The van der Waals surface area contributed by atoms with Crippen LogP contribution in [0, 0.1) is 0 Å². The highest BCUT2D eigenvalue weighted by Gasteiger charge is 1.98. The van der Waals surface area contributed by atoms with E-state index in [1.165, 1.54) is 51.4 Å². The Morgan fingerprint density at radius 2 is 1.62 bits per heavy atom. The summed E-state index contributed by atoms with van der Waals surface area (Å²) < 4.78 is 0. The number of hydrogen-bond donors (Lipinski definition) is 3. The summed E-state index contributed by atoms with van der Waals surface area (Å²) in [4.78, 5) is 10.8. The number of anilines is 2. The van der Waals surface area contributed by atoms with Crippen LogP contribution in [-0.4, -0.2) is 12.6 Å². The van der Waals surface area contributed by atoms with Crippen molar-refractivity contribution in [3.63, 3.8) is 0 Å². The van der Waals surface area contributed by atoms with E-state index >= 15 is 0 Å². The fourth-order valence-electron chi connectivity index (χ4n) is 2.34.